The number of methoxy groups -OCH3 is 1. The monoisotopic (exact) mass is 416 g/mol. The molecular formula is C24H32O6. The van der Waals surface area contributed by atoms with Crippen LogP contribution in [0.5, 0.6) is 0 Å². The van der Waals surface area contributed by atoms with Gasteiger partial charge in [0.25, 0.3) is 0 Å². The third-order valence-corrected chi connectivity index (χ3v) is 9.74. The van der Waals surface area contributed by atoms with Crippen LogP contribution >= 0.6 is 0 Å². The lowest BCUT2D eigenvalue weighted by molar-refractivity contribution is -0.192. The number of carbonyl (C=O) groups is 3. The van der Waals surface area contributed by atoms with Gasteiger partial charge in [0.05, 0.1) is 19.1 Å². The predicted octanol–water partition coefficient (Wildman–Crippen LogP) is 2.96. The largest absolute Gasteiger partial charge is 0.469 e. The molecule has 6 heteroatoms. The summed E-state index contributed by atoms with van der Waals surface area (Å²) in [6, 6.07) is 0. The minimum atomic E-state index is -0.611. The highest BCUT2D eigenvalue weighted by atomic mass is 16.6. The zero-order chi connectivity index (χ0) is 21.5. The number of hydrogen-bond acceptors (Lipinski definition) is 6. The van der Waals surface area contributed by atoms with Crippen LogP contribution in [0.25, 0.3) is 0 Å². The van der Waals surface area contributed by atoms with Gasteiger partial charge in [0.1, 0.15) is 11.4 Å². The normalized spacial score (nSPS) is 49.7. The van der Waals surface area contributed by atoms with Gasteiger partial charge in [0, 0.05) is 24.7 Å². The van der Waals surface area contributed by atoms with Crippen LogP contribution in [0.4, 0.5) is 0 Å². The minimum Gasteiger partial charge on any atom is -0.469 e. The molecule has 0 amide bonds. The topological polar surface area (TPSA) is 89.9 Å². The van der Waals surface area contributed by atoms with E-state index in [0.717, 1.165) is 18.4 Å². The SMILES string of the molecule is COC(=O)C1C=C2CC(=O)CC[C@]2(C)C2C(O)C[C@@]3(C)C(CCC34CCC(=O)O4)C12. The van der Waals surface area contributed by atoms with Gasteiger partial charge in [-0.05, 0) is 55.3 Å². The maximum atomic E-state index is 12.9. The molecule has 5 rings (SSSR count). The lowest BCUT2D eigenvalue weighted by Crippen LogP contribution is -2.62. The number of carbonyl (C=O) groups excluding carboxylic acids is 3. The highest BCUT2D eigenvalue weighted by molar-refractivity contribution is 5.84. The molecule has 6 nitrogen and oxygen atoms in total. The average Bonchev–Trinajstić information content (AvgIpc) is 3.21. The van der Waals surface area contributed by atoms with E-state index in [2.05, 4.69) is 13.8 Å². The number of Topliss-reactive ketones (excluding diaryl/α,β-unsaturated/α-hetero) is 1. The standard InChI is InChI=1S/C24H32O6/c1-22-7-4-14(25)10-13(22)11-15(21(28)29-3)19-16-5-8-24(9-6-18(27)30-24)23(16,2)12-17(26)20(19)22/h11,15-17,19-20,26H,4-10,12H2,1-3H3/t15?,16?,17?,19?,20?,22-,23-,24?/m0/s1. The van der Waals surface area contributed by atoms with Crippen molar-refractivity contribution in [1.82, 2.24) is 0 Å². The number of aliphatic hydroxyl groups excluding tert-OH is 1. The molecule has 3 saturated carbocycles. The van der Waals surface area contributed by atoms with Gasteiger partial charge in [-0.1, -0.05) is 25.5 Å². The third kappa shape index (κ3) is 2.43. The molecule has 1 heterocycles. The Bertz CT molecular complexity index is 847. The summed E-state index contributed by atoms with van der Waals surface area (Å²) in [5.74, 6) is -0.728. The van der Waals surface area contributed by atoms with Crippen molar-refractivity contribution in [2.24, 2.45) is 34.5 Å². The average molecular weight is 417 g/mol. The number of ether oxygens (including phenoxy) is 2. The summed E-state index contributed by atoms with van der Waals surface area (Å²) in [5, 5.41) is 11.6. The number of fused-ring (bicyclic) bond motifs is 6. The van der Waals surface area contributed by atoms with Crippen molar-refractivity contribution >= 4 is 17.7 Å². The van der Waals surface area contributed by atoms with Crippen molar-refractivity contribution < 1.29 is 29.0 Å². The fourth-order valence-electron chi connectivity index (χ4n) is 8.26. The molecule has 1 aliphatic heterocycles. The van der Waals surface area contributed by atoms with Crippen LogP contribution in [-0.4, -0.2) is 41.6 Å². The smallest absolute Gasteiger partial charge is 0.312 e. The molecule has 5 aliphatic rings. The van der Waals surface area contributed by atoms with E-state index < -0.39 is 17.6 Å². The van der Waals surface area contributed by atoms with Crippen molar-refractivity contribution in [3.05, 3.63) is 11.6 Å². The highest BCUT2D eigenvalue weighted by Crippen LogP contribution is 2.70. The van der Waals surface area contributed by atoms with Gasteiger partial charge in [-0.15, -0.1) is 0 Å². The summed E-state index contributed by atoms with van der Waals surface area (Å²) in [4.78, 5) is 37.2. The molecule has 4 aliphatic carbocycles. The van der Waals surface area contributed by atoms with Gasteiger partial charge in [-0.25, -0.2) is 0 Å². The first-order chi connectivity index (χ1) is 14.1. The van der Waals surface area contributed by atoms with Crippen LogP contribution < -0.4 is 0 Å². The summed E-state index contributed by atoms with van der Waals surface area (Å²) < 4.78 is 11.1. The molecule has 4 fully saturated rings. The van der Waals surface area contributed by atoms with Crippen LogP contribution in [0.15, 0.2) is 11.6 Å². The molecule has 0 aromatic heterocycles. The Balaban J connectivity index is 1.63. The van der Waals surface area contributed by atoms with Crippen LogP contribution in [0, 0.1) is 34.5 Å². The Morgan fingerprint density at radius 1 is 1.20 bits per heavy atom. The number of aliphatic hydroxyl groups is 1. The quantitative estimate of drug-likeness (QED) is 0.522. The van der Waals surface area contributed by atoms with Crippen molar-refractivity contribution in [2.75, 3.05) is 7.11 Å². The Morgan fingerprint density at radius 3 is 2.63 bits per heavy atom. The molecule has 0 radical (unpaired) electrons. The third-order valence-electron chi connectivity index (χ3n) is 9.74. The highest BCUT2D eigenvalue weighted by Gasteiger charge is 2.70. The summed E-state index contributed by atoms with van der Waals surface area (Å²) in [7, 11) is 1.41. The second-order valence-corrected chi connectivity index (χ2v) is 10.8. The second kappa shape index (κ2) is 6.41. The Labute approximate surface area is 177 Å². The molecule has 1 saturated heterocycles. The summed E-state index contributed by atoms with van der Waals surface area (Å²) in [5.41, 5.74) is -0.183. The summed E-state index contributed by atoms with van der Waals surface area (Å²) >= 11 is 0. The fourth-order valence-corrected chi connectivity index (χ4v) is 8.26. The lowest BCUT2D eigenvalue weighted by atomic mass is 9.44. The van der Waals surface area contributed by atoms with E-state index in [9.17, 15) is 19.5 Å². The van der Waals surface area contributed by atoms with E-state index >= 15 is 0 Å². The number of esters is 2. The van der Waals surface area contributed by atoms with E-state index in [0.29, 0.717) is 38.5 Å². The van der Waals surface area contributed by atoms with Gasteiger partial charge in [-0.2, -0.15) is 0 Å². The number of rotatable bonds is 1. The van der Waals surface area contributed by atoms with Gasteiger partial charge >= 0.3 is 11.9 Å². The maximum Gasteiger partial charge on any atom is 0.312 e. The molecule has 0 aromatic carbocycles. The second-order valence-electron chi connectivity index (χ2n) is 10.8. The van der Waals surface area contributed by atoms with Crippen LogP contribution in [0.1, 0.15) is 65.2 Å². The van der Waals surface area contributed by atoms with Crippen LogP contribution in [-0.2, 0) is 23.9 Å². The van der Waals surface area contributed by atoms with Crippen molar-refractivity contribution in [1.29, 1.82) is 0 Å². The van der Waals surface area contributed by atoms with E-state index in [-0.39, 0.29) is 46.3 Å². The molecule has 1 N–H and O–H groups in total. The first-order valence-corrected chi connectivity index (χ1v) is 11.4. The first-order valence-electron chi connectivity index (χ1n) is 11.4. The Hall–Kier alpha value is -1.69. The Morgan fingerprint density at radius 2 is 1.97 bits per heavy atom. The van der Waals surface area contributed by atoms with Crippen LogP contribution in [0.3, 0.4) is 0 Å². The number of hydrogen-bond donors (Lipinski definition) is 1. The van der Waals surface area contributed by atoms with Crippen molar-refractivity contribution in [3.8, 4) is 0 Å². The van der Waals surface area contributed by atoms with Crippen LogP contribution in [0.2, 0.25) is 0 Å². The molecule has 164 valence electrons. The summed E-state index contributed by atoms with van der Waals surface area (Å²) in [6.45, 7) is 4.33. The van der Waals surface area contributed by atoms with Gasteiger partial charge in [0.15, 0.2) is 0 Å². The molecule has 1 spiro atoms. The number of ketones is 1. The molecule has 30 heavy (non-hydrogen) atoms. The Kier molecular flexibility index (Phi) is 4.32. The molecular weight excluding hydrogens is 384 g/mol. The van der Waals surface area contributed by atoms with Crippen molar-refractivity contribution in [2.45, 2.75) is 76.9 Å². The lowest BCUT2D eigenvalue weighted by Gasteiger charge is -2.61. The molecule has 6 unspecified atom stereocenters. The fraction of sp³-hybridized carbons (Fsp3) is 0.792. The van der Waals surface area contributed by atoms with Gasteiger partial charge < -0.3 is 14.6 Å². The van der Waals surface area contributed by atoms with E-state index in [1.54, 1.807) is 0 Å². The van der Waals surface area contributed by atoms with E-state index in [4.69, 9.17) is 9.47 Å². The maximum absolute atomic E-state index is 12.9. The van der Waals surface area contributed by atoms with Gasteiger partial charge in [0.2, 0.25) is 0 Å². The zero-order valence-electron chi connectivity index (χ0n) is 18.1. The summed E-state index contributed by atoms with van der Waals surface area (Å²) in [6.07, 6.45) is 6.34. The van der Waals surface area contributed by atoms with Gasteiger partial charge in [-0.3, -0.25) is 14.4 Å². The zero-order valence-corrected chi connectivity index (χ0v) is 18.1. The minimum absolute atomic E-state index is 0.0770. The molecule has 0 aromatic rings. The van der Waals surface area contributed by atoms with Crippen molar-refractivity contribution in [3.63, 3.8) is 0 Å². The number of allylic oxidation sites excluding steroid dienone is 1. The van der Waals surface area contributed by atoms with E-state index in [1.165, 1.54) is 7.11 Å². The molecule has 0 bridgehead atoms. The predicted molar refractivity (Wildman–Crippen MR) is 107 cm³/mol. The first kappa shape index (κ1) is 20.2. The van der Waals surface area contributed by atoms with E-state index in [1.807, 2.05) is 6.08 Å². The molecule has 8 atom stereocenters.